The fourth-order valence-corrected chi connectivity index (χ4v) is 5.33. The molecule has 0 spiro atoms. The van der Waals surface area contributed by atoms with E-state index in [9.17, 15) is 13.5 Å². The summed E-state index contributed by atoms with van der Waals surface area (Å²) in [5.41, 5.74) is 3.66. The first-order chi connectivity index (χ1) is 14.9. The molecule has 2 aliphatic carbocycles. The summed E-state index contributed by atoms with van der Waals surface area (Å²) in [6, 6.07) is 8.46. The Kier molecular flexibility index (Phi) is 4.11. The molecule has 31 heavy (non-hydrogen) atoms. The summed E-state index contributed by atoms with van der Waals surface area (Å²) in [5, 5.41) is 19.0. The van der Waals surface area contributed by atoms with Crippen LogP contribution < -0.4 is 10.5 Å². The zero-order valence-corrected chi connectivity index (χ0v) is 17.0. The fraction of sp³-hybridized carbons (Fsp3) is 0.421. The topological polar surface area (TPSA) is 154 Å². The summed E-state index contributed by atoms with van der Waals surface area (Å²) >= 11 is 0. The first kappa shape index (κ1) is 19.1. The molecule has 6 rings (SSSR count). The van der Waals surface area contributed by atoms with Crippen LogP contribution >= 0.6 is 0 Å². The number of rotatable bonds is 5. The minimum Gasteiger partial charge on any atom is -0.388 e. The quantitative estimate of drug-likeness (QED) is 0.507. The molecule has 4 N–H and O–H groups in total. The third-order valence-corrected chi connectivity index (χ3v) is 6.74. The number of imidazole rings is 1. The van der Waals surface area contributed by atoms with Crippen LogP contribution in [0.25, 0.3) is 11.2 Å². The monoisotopic (exact) mass is 444 g/mol. The Morgan fingerprint density at radius 1 is 1.26 bits per heavy atom. The lowest BCUT2D eigenvalue weighted by molar-refractivity contribution is -0.0625. The predicted octanol–water partition coefficient (Wildman–Crippen LogP) is 0.402. The number of fused-ring (bicyclic) bond motifs is 3. The Labute approximate surface area is 177 Å². The number of hydrogen-bond donors (Lipinski definition) is 3. The van der Waals surface area contributed by atoms with Crippen LogP contribution in [0, 0.1) is 5.92 Å². The average Bonchev–Trinajstić information content (AvgIpc) is 3.09. The number of nitrogens with one attached hydrogen (secondary N) is 1. The van der Waals surface area contributed by atoms with Crippen LogP contribution in [0.2, 0.25) is 0 Å². The SMILES string of the molecule is NS(=O)(=O)OC1C2[C@@H]1O[C@@H](n1cnc3c(N[C@H]4CCc5ccccc54)ncnc31)[C@@H]2O. The molecule has 0 amide bonds. The highest BCUT2D eigenvalue weighted by Crippen LogP contribution is 2.52. The normalized spacial score (nSPS) is 31.5. The molecule has 162 valence electrons. The Morgan fingerprint density at radius 3 is 2.87 bits per heavy atom. The van der Waals surface area contributed by atoms with Crippen molar-refractivity contribution in [2.24, 2.45) is 11.1 Å². The highest BCUT2D eigenvalue weighted by Gasteiger charge is 2.66. The van der Waals surface area contributed by atoms with Gasteiger partial charge in [0.25, 0.3) is 0 Å². The van der Waals surface area contributed by atoms with Crippen molar-refractivity contribution in [3.05, 3.63) is 48.0 Å². The Balaban J connectivity index is 1.25. The maximum Gasteiger partial charge on any atom is 0.333 e. The molecule has 1 aromatic carbocycles. The summed E-state index contributed by atoms with van der Waals surface area (Å²) < 4.78 is 34.5. The van der Waals surface area contributed by atoms with Crippen molar-refractivity contribution in [1.29, 1.82) is 0 Å². The van der Waals surface area contributed by atoms with Crippen LogP contribution in [0.15, 0.2) is 36.9 Å². The standard InChI is InChI=1S/C19H20N6O5S/c20-31(27,28)30-16-12-14(26)19(29-15(12)16)25-8-23-13-17(21-7-22-18(13)25)24-11-6-5-9-3-1-2-4-10(9)11/h1-4,7-8,11-12,14-16,19,26H,5-6H2,(H2,20,27,28)(H,21,22,24)/t11-,12?,14+,15-,16?,19+/m0/s1. The van der Waals surface area contributed by atoms with Gasteiger partial charge < -0.3 is 15.2 Å². The van der Waals surface area contributed by atoms with Crippen molar-refractivity contribution in [2.75, 3.05) is 5.32 Å². The number of aromatic nitrogens is 4. The second-order valence-electron chi connectivity index (χ2n) is 8.09. The van der Waals surface area contributed by atoms with Gasteiger partial charge in [0.1, 0.15) is 18.5 Å². The van der Waals surface area contributed by atoms with Gasteiger partial charge in [0.05, 0.1) is 18.5 Å². The van der Waals surface area contributed by atoms with Crippen LogP contribution in [0.3, 0.4) is 0 Å². The summed E-state index contributed by atoms with van der Waals surface area (Å²) in [6.45, 7) is 0. The molecule has 1 aliphatic heterocycles. The number of nitrogens with zero attached hydrogens (tertiary/aromatic N) is 4. The summed E-state index contributed by atoms with van der Waals surface area (Å²) in [5.74, 6) is 0.133. The van der Waals surface area contributed by atoms with Gasteiger partial charge in [-0.15, -0.1) is 0 Å². The molecule has 12 heteroatoms. The lowest BCUT2D eigenvalue weighted by atomic mass is 10.1. The minimum absolute atomic E-state index is 0.136. The second kappa shape index (κ2) is 6.68. The van der Waals surface area contributed by atoms with Crippen molar-refractivity contribution in [2.45, 2.75) is 43.4 Å². The Morgan fingerprint density at radius 2 is 2.10 bits per heavy atom. The van der Waals surface area contributed by atoms with E-state index in [4.69, 9.17) is 14.1 Å². The molecular formula is C19H20N6O5S. The van der Waals surface area contributed by atoms with E-state index in [0.717, 1.165) is 12.8 Å². The van der Waals surface area contributed by atoms with Gasteiger partial charge >= 0.3 is 10.3 Å². The van der Waals surface area contributed by atoms with Crippen molar-refractivity contribution < 1.29 is 22.4 Å². The minimum atomic E-state index is -4.11. The highest BCUT2D eigenvalue weighted by molar-refractivity contribution is 7.84. The number of nitrogens with two attached hydrogens (primary N) is 1. The predicted molar refractivity (Wildman–Crippen MR) is 108 cm³/mol. The van der Waals surface area contributed by atoms with Gasteiger partial charge in [-0.2, -0.15) is 8.42 Å². The zero-order chi connectivity index (χ0) is 21.3. The smallest absolute Gasteiger partial charge is 0.333 e. The number of aliphatic hydroxyl groups is 1. The average molecular weight is 444 g/mol. The van der Waals surface area contributed by atoms with Gasteiger partial charge in [0.15, 0.2) is 23.2 Å². The van der Waals surface area contributed by atoms with E-state index in [1.807, 2.05) is 12.1 Å². The largest absolute Gasteiger partial charge is 0.388 e. The molecule has 1 saturated heterocycles. The van der Waals surface area contributed by atoms with E-state index in [2.05, 4.69) is 32.4 Å². The van der Waals surface area contributed by atoms with Crippen LogP contribution in [0.1, 0.15) is 29.8 Å². The number of hydrogen-bond acceptors (Lipinski definition) is 9. The van der Waals surface area contributed by atoms with E-state index >= 15 is 0 Å². The summed E-state index contributed by atoms with van der Waals surface area (Å²) in [6.07, 6.45) is 1.89. The van der Waals surface area contributed by atoms with Gasteiger partial charge in [-0.3, -0.25) is 8.75 Å². The fourth-order valence-electron chi connectivity index (χ4n) is 4.79. The lowest BCUT2D eigenvalue weighted by Crippen LogP contribution is -2.29. The zero-order valence-electron chi connectivity index (χ0n) is 16.2. The van der Waals surface area contributed by atoms with E-state index in [1.165, 1.54) is 17.5 Å². The maximum atomic E-state index is 11.1. The molecule has 2 unspecified atom stereocenters. The number of ether oxygens (including phenoxy) is 1. The third-order valence-electron chi connectivity index (χ3n) is 6.25. The molecule has 2 fully saturated rings. The van der Waals surface area contributed by atoms with Crippen molar-refractivity contribution >= 4 is 27.3 Å². The van der Waals surface area contributed by atoms with E-state index < -0.39 is 40.8 Å². The lowest BCUT2D eigenvalue weighted by Gasteiger charge is -2.21. The van der Waals surface area contributed by atoms with Crippen molar-refractivity contribution in [1.82, 2.24) is 19.5 Å². The molecule has 3 heterocycles. The van der Waals surface area contributed by atoms with Gasteiger partial charge in [-0.1, -0.05) is 24.3 Å². The first-order valence-electron chi connectivity index (χ1n) is 9.97. The second-order valence-corrected chi connectivity index (χ2v) is 9.27. The van der Waals surface area contributed by atoms with Gasteiger partial charge in [-0.05, 0) is 24.0 Å². The molecule has 0 radical (unpaired) electrons. The first-order valence-corrected chi connectivity index (χ1v) is 11.4. The van der Waals surface area contributed by atoms with Crippen LogP contribution in [-0.4, -0.2) is 51.4 Å². The van der Waals surface area contributed by atoms with Gasteiger partial charge in [0.2, 0.25) is 0 Å². The van der Waals surface area contributed by atoms with Crippen LogP contribution in [0.4, 0.5) is 5.82 Å². The number of anilines is 1. The molecule has 3 aromatic rings. The molecule has 6 atom stereocenters. The number of benzene rings is 1. The molecule has 11 nitrogen and oxygen atoms in total. The molecular weight excluding hydrogens is 424 g/mol. The summed E-state index contributed by atoms with van der Waals surface area (Å²) in [4.78, 5) is 13.2. The van der Waals surface area contributed by atoms with Crippen molar-refractivity contribution in [3.8, 4) is 0 Å². The Bertz CT molecular complexity index is 1280. The van der Waals surface area contributed by atoms with E-state index in [0.29, 0.717) is 17.0 Å². The Hall–Kier alpha value is -2.64. The third kappa shape index (κ3) is 3.10. The number of aryl methyl sites for hydroxylation is 1. The molecule has 1 saturated carbocycles. The number of aliphatic hydroxyl groups excluding tert-OH is 1. The molecule has 0 bridgehead atoms. The van der Waals surface area contributed by atoms with E-state index in [1.54, 1.807) is 10.9 Å². The van der Waals surface area contributed by atoms with Crippen LogP contribution in [-0.2, 0) is 25.6 Å². The molecule has 2 aromatic heterocycles. The van der Waals surface area contributed by atoms with Gasteiger partial charge in [0, 0.05) is 5.92 Å². The van der Waals surface area contributed by atoms with Crippen molar-refractivity contribution in [3.63, 3.8) is 0 Å². The summed E-state index contributed by atoms with van der Waals surface area (Å²) in [7, 11) is -4.11. The van der Waals surface area contributed by atoms with E-state index in [-0.39, 0.29) is 6.04 Å². The highest BCUT2D eigenvalue weighted by atomic mass is 32.2. The maximum absolute atomic E-state index is 11.1. The van der Waals surface area contributed by atoms with Gasteiger partial charge in [-0.25, -0.2) is 20.1 Å². The van der Waals surface area contributed by atoms with Crippen LogP contribution in [0.5, 0.6) is 0 Å². The molecule has 3 aliphatic rings.